The summed E-state index contributed by atoms with van der Waals surface area (Å²) in [6.45, 7) is 2.49. The molecule has 7 heteroatoms. The van der Waals surface area contributed by atoms with Crippen molar-refractivity contribution in [1.82, 2.24) is 14.3 Å². The summed E-state index contributed by atoms with van der Waals surface area (Å²) in [5.41, 5.74) is 0.716. The lowest BCUT2D eigenvalue weighted by atomic mass is 10.2. The van der Waals surface area contributed by atoms with Gasteiger partial charge in [0.15, 0.2) is 4.96 Å². The van der Waals surface area contributed by atoms with E-state index in [9.17, 15) is 9.59 Å². The molecule has 0 saturated carbocycles. The van der Waals surface area contributed by atoms with Gasteiger partial charge in [0.2, 0.25) is 5.91 Å². The molecule has 0 aliphatic carbocycles. The van der Waals surface area contributed by atoms with Crippen LogP contribution in [-0.4, -0.2) is 46.4 Å². The van der Waals surface area contributed by atoms with Crippen molar-refractivity contribution in [1.29, 1.82) is 0 Å². The monoisotopic (exact) mass is 295 g/mol. The SMILES string of the molecule is CCCN(CC(=O)OC)C(=O)Cc1cn2ccsc2n1. The second-order valence-corrected chi connectivity index (χ2v) is 5.27. The predicted octanol–water partition coefficient (Wildman–Crippen LogP) is 1.35. The lowest BCUT2D eigenvalue weighted by Gasteiger charge is -2.20. The first kappa shape index (κ1) is 14.5. The van der Waals surface area contributed by atoms with Crippen LogP contribution in [0.3, 0.4) is 0 Å². The largest absolute Gasteiger partial charge is 0.468 e. The molecule has 0 aromatic carbocycles. The first-order valence-electron chi connectivity index (χ1n) is 6.39. The molecule has 0 spiro atoms. The van der Waals surface area contributed by atoms with Crippen LogP contribution in [0.25, 0.3) is 4.96 Å². The summed E-state index contributed by atoms with van der Waals surface area (Å²) < 4.78 is 6.50. The van der Waals surface area contributed by atoms with E-state index >= 15 is 0 Å². The average molecular weight is 295 g/mol. The zero-order valence-electron chi connectivity index (χ0n) is 11.5. The molecule has 20 heavy (non-hydrogen) atoms. The molecule has 0 N–H and O–H groups in total. The average Bonchev–Trinajstić information content (AvgIpc) is 2.98. The van der Waals surface area contributed by atoms with Crippen molar-refractivity contribution in [3.63, 3.8) is 0 Å². The van der Waals surface area contributed by atoms with E-state index in [0.29, 0.717) is 12.2 Å². The Morgan fingerprint density at radius 2 is 2.30 bits per heavy atom. The molecule has 2 aromatic heterocycles. The molecule has 2 heterocycles. The maximum Gasteiger partial charge on any atom is 0.325 e. The molecule has 0 unspecified atom stereocenters. The quantitative estimate of drug-likeness (QED) is 0.755. The number of ether oxygens (including phenoxy) is 1. The molecule has 0 saturated heterocycles. The minimum atomic E-state index is -0.405. The highest BCUT2D eigenvalue weighted by atomic mass is 32.1. The van der Waals surface area contributed by atoms with Gasteiger partial charge in [0, 0.05) is 24.3 Å². The molecule has 108 valence electrons. The van der Waals surface area contributed by atoms with Crippen LogP contribution in [-0.2, 0) is 20.7 Å². The number of hydrogen-bond donors (Lipinski definition) is 0. The molecule has 0 bridgehead atoms. The summed E-state index contributed by atoms with van der Waals surface area (Å²) in [4.78, 5) is 30.3. The molecule has 2 rings (SSSR count). The molecule has 0 aliphatic heterocycles. The number of amides is 1. The summed E-state index contributed by atoms with van der Waals surface area (Å²) >= 11 is 1.52. The number of imidazole rings is 1. The van der Waals surface area contributed by atoms with E-state index in [1.165, 1.54) is 23.3 Å². The standard InChI is InChI=1S/C13H17N3O3S/c1-3-4-15(9-12(18)19-2)11(17)7-10-8-16-5-6-20-13(16)14-10/h5-6,8H,3-4,7,9H2,1-2H3. The third-order valence-corrected chi connectivity index (χ3v) is 3.64. The second kappa shape index (κ2) is 6.51. The number of methoxy groups -OCH3 is 1. The van der Waals surface area contributed by atoms with E-state index in [-0.39, 0.29) is 18.9 Å². The highest BCUT2D eigenvalue weighted by Gasteiger charge is 2.18. The van der Waals surface area contributed by atoms with E-state index in [1.807, 2.05) is 29.1 Å². The van der Waals surface area contributed by atoms with Crippen LogP contribution >= 0.6 is 11.3 Å². The van der Waals surface area contributed by atoms with Crippen molar-refractivity contribution >= 4 is 28.2 Å². The van der Waals surface area contributed by atoms with E-state index in [1.54, 1.807) is 0 Å². The summed E-state index contributed by atoms with van der Waals surface area (Å²) in [7, 11) is 1.32. The molecule has 2 aromatic rings. The number of carbonyl (C=O) groups is 2. The molecular weight excluding hydrogens is 278 g/mol. The summed E-state index contributed by atoms with van der Waals surface area (Å²) in [6, 6.07) is 0. The number of hydrogen-bond acceptors (Lipinski definition) is 5. The van der Waals surface area contributed by atoms with Gasteiger partial charge >= 0.3 is 5.97 Å². The van der Waals surface area contributed by atoms with Gasteiger partial charge in [0.1, 0.15) is 6.54 Å². The van der Waals surface area contributed by atoms with Gasteiger partial charge in [-0.3, -0.25) is 14.0 Å². The summed E-state index contributed by atoms with van der Waals surface area (Å²) in [5, 5.41) is 1.94. The van der Waals surface area contributed by atoms with Crippen molar-refractivity contribution in [2.45, 2.75) is 19.8 Å². The fourth-order valence-electron chi connectivity index (χ4n) is 1.91. The molecule has 0 atom stereocenters. The Morgan fingerprint density at radius 3 is 2.95 bits per heavy atom. The fraction of sp³-hybridized carbons (Fsp3) is 0.462. The van der Waals surface area contributed by atoms with E-state index < -0.39 is 5.97 Å². The van der Waals surface area contributed by atoms with Gasteiger partial charge in [-0.25, -0.2) is 4.98 Å². The predicted molar refractivity (Wildman–Crippen MR) is 75.7 cm³/mol. The maximum absolute atomic E-state index is 12.2. The Balaban J connectivity index is 2.03. The van der Waals surface area contributed by atoms with Crippen LogP contribution < -0.4 is 0 Å². The number of thiazole rings is 1. The smallest absolute Gasteiger partial charge is 0.325 e. The minimum absolute atomic E-state index is 0.00854. The third-order valence-electron chi connectivity index (χ3n) is 2.87. The van der Waals surface area contributed by atoms with Gasteiger partial charge in [-0.2, -0.15) is 0 Å². The maximum atomic E-state index is 12.2. The lowest BCUT2D eigenvalue weighted by molar-refractivity contribution is -0.146. The van der Waals surface area contributed by atoms with Crippen molar-refractivity contribution < 1.29 is 14.3 Å². The number of rotatable bonds is 6. The molecular formula is C13H17N3O3S. The van der Waals surface area contributed by atoms with Gasteiger partial charge in [-0.05, 0) is 6.42 Å². The van der Waals surface area contributed by atoms with Crippen LogP contribution in [0.1, 0.15) is 19.0 Å². The van der Waals surface area contributed by atoms with Gasteiger partial charge in [-0.15, -0.1) is 11.3 Å². The Bertz CT molecular complexity index is 576. The van der Waals surface area contributed by atoms with E-state index in [2.05, 4.69) is 9.72 Å². The minimum Gasteiger partial charge on any atom is -0.468 e. The zero-order valence-corrected chi connectivity index (χ0v) is 12.4. The molecule has 6 nitrogen and oxygen atoms in total. The number of nitrogens with zero attached hydrogens (tertiary/aromatic N) is 3. The first-order chi connectivity index (χ1) is 9.63. The first-order valence-corrected chi connectivity index (χ1v) is 7.27. The zero-order chi connectivity index (χ0) is 14.5. The van der Waals surface area contributed by atoms with E-state index in [4.69, 9.17) is 0 Å². The summed E-state index contributed by atoms with van der Waals surface area (Å²) in [5.74, 6) is -0.513. The van der Waals surface area contributed by atoms with Gasteiger partial charge in [0.25, 0.3) is 0 Å². The Morgan fingerprint density at radius 1 is 1.50 bits per heavy atom. The molecule has 0 aliphatic rings. The second-order valence-electron chi connectivity index (χ2n) is 4.39. The van der Waals surface area contributed by atoms with Crippen molar-refractivity contribution in [3.8, 4) is 0 Å². The summed E-state index contributed by atoms with van der Waals surface area (Å²) in [6.07, 6.45) is 4.73. The van der Waals surface area contributed by atoms with Crippen molar-refractivity contribution in [2.24, 2.45) is 0 Å². The molecule has 1 amide bonds. The van der Waals surface area contributed by atoms with Gasteiger partial charge in [-0.1, -0.05) is 6.92 Å². The number of carbonyl (C=O) groups excluding carboxylic acids is 2. The van der Waals surface area contributed by atoms with Crippen LogP contribution in [0, 0.1) is 0 Å². The number of esters is 1. The Hall–Kier alpha value is -1.89. The van der Waals surface area contributed by atoms with Crippen LogP contribution in [0.5, 0.6) is 0 Å². The van der Waals surface area contributed by atoms with Gasteiger partial charge < -0.3 is 9.64 Å². The highest BCUT2D eigenvalue weighted by molar-refractivity contribution is 7.15. The Labute approximate surface area is 121 Å². The third kappa shape index (κ3) is 3.36. The van der Waals surface area contributed by atoms with Crippen molar-refractivity contribution in [3.05, 3.63) is 23.5 Å². The molecule has 0 fully saturated rings. The number of fused-ring (bicyclic) bond motifs is 1. The number of aromatic nitrogens is 2. The molecule has 0 radical (unpaired) electrons. The van der Waals surface area contributed by atoms with Crippen LogP contribution in [0.4, 0.5) is 0 Å². The fourth-order valence-corrected chi connectivity index (χ4v) is 2.63. The van der Waals surface area contributed by atoms with E-state index in [0.717, 1.165) is 11.4 Å². The van der Waals surface area contributed by atoms with Gasteiger partial charge in [0.05, 0.1) is 19.2 Å². The lowest BCUT2D eigenvalue weighted by Crippen LogP contribution is -2.37. The topological polar surface area (TPSA) is 63.9 Å². The highest BCUT2D eigenvalue weighted by Crippen LogP contribution is 2.12. The van der Waals surface area contributed by atoms with Crippen LogP contribution in [0.2, 0.25) is 0 Å². The Kier molecular flexibility index (Phi) is 4.73. The van der Waals surface area contributed by atoms with Crippen molar-refractivity contribution in [2.75, 3.05) is 20.2 Å². The normalized spacial score (nSPS) is 10.7. The van der Waals surface area contributed by atoms with Crippen LogP contribution in [0.15, 0.2) is 17.8 Å².